The summed E-state index contributed by atoms with van der Waals surface area (Å²) in [5.41, 5.74) is 0. The highest BCUT2D eigenvalue weighted by atomic mass is 16.2. The van der Waals surface area contributed by atoms with Crippen LogP contribution in [0, 0.1) is 0 Å². The topological polar surface area (TPSA) is 70.6 Å². The van der Waals surface area contributed by atoms with Gasteiger partial charge in [0.2, 0.25) is 0 Å². The predicted molar refractivity (Wildman–Crippen MR) is 34.7 cm³/mol. The van der Waals surface area contributed by atoms with Gasteiger partial charge in [-0.15, -0.1) is 0 Å². The van der Waals surface area contributed by atoms with Gasteiger partial charge >= 0.3 is 6.03 Å². The van der Waals surface area contributed by atoms with Crippen molar-refractivity contribution in [1.82, 2.24) is 10.6 Å². The lowest BCUT2D eigenvalue weighted by Crippen LogP contribution is -2.22. The summed E-state index contributed by atoms with van der Waals surface area (Å²) in [6, 6.07) is -0.503. The molecule has 2 N–H and O–H groups in total. The molecule has 0 aromatic carbocycles. The summed E-state index contributed by atoms with van der Waals surface area (Å²) in [6.45, 7) is 2.27. The van der Waals surface area contributed by atoms with Crippen molar-refractivity contribution >= 4 is 17.8 Å². The van der Waals surface area contributed by atoms with Gasteiger partial charge in [0, 0.05) is 6.54 Å². The van der Waals surface area contributed by atoms with Gasteiger partial charge in [0.25, 0.3) is 5.91 Å². The second-order valence-electron chi connectivity index (χ2n) is 1.73. The Hall–Kier alpha value is -1.39. The Morgan fingerprint density at radius 3 is 2.50 bits per heavy atom. The van der Waals surface area contributed by atoms with Crippen molar-refractivity contribution < 1.29 is 9.59 Å². The fourth-order valence-corrected chi connectivity index (χ4v) is 0.627. The van der Waals surface area contributed by atoms with Crippen LogP contribution in [0.5, 0.6) is 0 Å². The standard InChI is InChI=1S/C5H7N3O2/c1-2-6-3-4(9)8-5(10)7-3/h2H2,1H3,(H2,6,7,8,9,10). The molecule has 0 atom stereocenters. The predicted octanol–water partition coefficient (Wildman–Crippen LogP) is -0.756. The first-order chi connectivity index (χ1) is 4.74. The van der Waals surface area contributed by atoms with E-state index in [1.165, 1.54) is 0 Å². The lowest BCUT2D eigenvalue weighted by atomic mass is 10.6. The Balaban J connectivity index is 2.72. The number of imide groups is 1. The normalized spacial score (nSPS) is 21.1. The fourth-order valence-electron chi connectivity index (χ4n) is 0.627. The van der Waals surface area contributed by atoms with Gasteiger partial charge in [-0.05, 0) is 6.92 Å². The highest BCUT2D eigenvalue weighted by Crippen LogP contribution is 1.84. The maximum atomic E-state index is 10.6. The summed E-state index contributed by atoms with van der Waals surface area (Å²) < 4.78 is 0. The van der Waals surface area contributed by atoms with Gasteiger partial charge in [0.05, 0.1) is 0 Å². The lowest BCUT2D eigenvalue weighted by molar-refractivity contribution is -0.113. The van der Waals surface area contributed by atoms with Crippen LogP contribution in [-0.4, -0.2) is 24.3 Å². The third-order valence-electron chi connectivity index (χ3n) is 0.990. The van der Waals surface area contributed by atoms with Gasteiger partial charge in [-0.25, -0.2) is 4.79 Å². The average molecular weight is 141 g/mol. The van der Waals surface area contributed by atoms with E-state index < -0.39 is 11.9 Å². The molecule has 1 saturated heterocycles. The van der Waals surface area contributed by atoms with E-state index in [0.29, 0.717) is 6.54 Å². The molecule has 5 nitrogen and oxygen atoms in total. The summed E-state index contributed by atoms with van der Waals surface area (Å²) in [6.07, 6.45) is 0. The lowest BCUT2D eigenvalue weighted by Gasteiger charge is -1.87. The van der Waals surface area contributed by atoms with E-state index in [1.807, 2.05) is 5.32 Å². The maximum absolute atomic E-state index is 10.6. The number of rotatable bonds is 1. The van der Waals surface area contributed by atoms with E-state index in [1.54, 1.807) is 6.92 Å². The maximum Gasteiger partial charge on any atom is 0.327 e. The molecule has 0 aliphatic carbocycles. The molecule has 3 amide bonds. The molecule has 0 aromatic heterocycles. The molecule has 10 heavy (non-hydrogen) atoms. The Bertz CT molecular complexity index is 209. The van der Waals surface area contributed by atoms with Gasteiger partial charge in [0.15, 0.2) is 5.84 Å². The van der Waals surface area contributed by atoms with Gasteiger partial charge in [-0.1, -0.05) is 0 Å². The Kier molecular flexibility index (Phi) is 1.66. The Labute approximate surface area is 57.5 Å². The number of amides is 3. The third kappa shape index (κ3) is 1.12. The van der Waals surface area contributed by atoms with E-state index in [2.05, 4.69) is 10.3 Å². The number of aliphatic imine (C=N–C) groups is 1. The average Bonchev–Trinajstić information content (AvgIpc) is 2.13. The molecule has 5 heteroatoms. The first-order valence-corrected chi connectivity index (χ1v) is 2.91. The minimum absolute atomic E-state index is 0.104. The van der Waals surface area contributed by atoms with Gasteiger partial charge < -0.3 is 0 Å². The molecule has 0 spiro atoms. The van der Waals surface area contributed by atoms with E-state index in [4.69, 9.17) is 0 Å². The van der Waals surface area contributed by atoms with Crippen LogP contribution < -0.4 is 10.6 Å². The summed E-state index contributed by atoms with van der Waals surface area (Å²) >= 11 is 0. The Morgan fingerprint density at radius 2 is 2.10 bits per heavy atom. The minimum Gasteiger partial charge on any atom is -0.288 e. The van der Waals surface area contributed by atoms with Crippen LogP contribution in [0.15, 0.2) is 4.99 Å². The first kappa shape index (κ1) is 6.73. The smallest absolute Gasteiger partial charge is 0.288 e. The third-order valence-corrected chi connectivity index (χ3v) is 0.990. The number of carbonyl (C=O) groups is 2. The number of carbonyl (C=O) groups excluding carboxylic acids is 2. The fraction of sp³-hybridized carbons (Fsp3) is 0.400. The van der Waals surface area contributed by atoms with E-state index in [-0.39, 0.29) is 5.84 Å². The zero-order valence-electron chi connectivity index (χ0n) is 5.47. The number of nitrogens with zero attached hydrogens (tertiary/aromatic N) is 1. The zero-order chi connectivity index (χ0) is 7.56. The van der Waals surface area contributed by atoms with Crippen molar-refractivity contribution in [1.29, 1.82) is 0 Å². The summed E-state index contributed by atoms with van der Waals surface area (Å²) in [7, 11) is 0. The Morgan fingerprint density at radius 1 is 1.40 bits per heavy atom. The second-order valence-corrected chi connectivity index (χ2v) is 1.73. The monoisotopic (exact) mass is 141 g/mol. The quantitative estimate of drug-likeness (QED) is 0.471. The molecule has 1 aliphatic heterocycles. The summed E-state index contributed by atoms with van der Waals surface area (Å²) in [4.78, 5) is 24.8. The number of nitrogens with one attached hydrogen (secondary N) is 2. The molecule has 1 heterocycles. The van der Waals surface area contributed by atoms with Crippen molar-refractivity contribution in [3.63, 3.8) is 0 Å². The minimum atomic E-state index is -0.503. The molecule has 0 aromatic rings. The van der Waals surface area contributed by atoms with Crippen molar-refractivity contribution in [3.8, 4) is 0 Å². The summed E-state index contributed by atoms with van der Waals surface area (Å²) in [5, 5.41) is 4.29. The second kappa shape index (κ2) is 2.47. The zero-order valence-corrected chi connectivity index (χ0v) is 5.47. The SMILES string of the molecule is CCN=C1NC(=O)NC1=O. The first-order valence-electron chi connectivity index (χ1n) is 2.91. The highest BCUT2D eigenvalue weighted by molar-refractivity contribution is 6.47. The molecule has 1 rings (SSSR count). The molecular weight excluding hydrogens is 134 g/mol. The molecule has 54 valence electrons. The van der Waals surface area contributed by atoms with Crippen molar-refractivity contribution in [2.75, 3.05) is 6.54 Å². The number of urea groups is 1. The van der Waals surface area contributed by atoms with Crippen LogP contribution in [0.2, 0.25) is 0 Å². The van der Waals surface area contributed by atoms with Crippen LogP contribution in [0.1, 0.15) is 6.92 Å². The number of amidine groups is 1. The molecule has 0 unspecified atom stereocenters. The largest absolute Gasteiger partial charge is 0.327 e. The molecular formula is C5H7N3O2. The van der Waals surface area contributed by atoms with Crippen molar-refractivity contribution in [2.24, 2.45) is 4.99 Å². The summed E-state index contributed by atoms with van der Waals surface area (Å²) in [5.74, 6) is -0.348. The van der Waals surface area contributed by atoms with E-state index >= 15 is 0 Å². The van der Waals surface area contributed by atoms with Crippen LogP contribution in [0.25, 0.3) is 0 Å². The van der Waals surface area contributed by atoms with E-state index in [0.717, 1.165) is 0 Å². The number of hydrogen-bond acceptors (Lipinski definition) is 3. The van der Waals surface area contributed by atoms with E-state index in [9.17, 15) is 9.59 Å². The van der Waals surface area contributed by atoms with Crippen LogP contribution in [0.4, 0.5) is 4.79 Å². The number of hydrogen-bond donors (Lipinski definition) is 2. The molecule has 0 radical (unpaired) electrons. The van der Waals surface area contributed by atoms with Crippen LogP contribution >= 0.6 is 0 Å². The molecule has 0 saturated carbocycles. The van der Waals surface area contributed by atoms with Crippen LogP contribution in [0.3, 0.4) is 0 Å². The highest BCUT2D eigenvalue weighted by Gasteiger charge is 2.23. The van der Waals surface area contributed by atoms with Gasteiger partial charge in [-0.2, -0.15) is 0 Å². The van der Waals surface area contributed by atoms with Crippen molar-refractivity contribution in [3.05, 3.63) is 0 Å². The van der Waals surface area contributed by atoms with Gasteiger partial charge in [-0.3, -0.25) is 20.4 Å². The van der Waals surface area contributed by atoms with Crippen molar-refractivity contribution in [2.45, 2.75) is 6.92 Å². The molecule has 0 bridgehead atoms. The molecule has 1 aliphatic rings. The molecule has 1 fully saturated rings. The van der Waals surface area contributed by atoms with Crippen LogP contribution in [-0.2, 0) is 4.79 Å². The van der Waals surface area contributed by atoms with Gasteiger partial charge in [0.1, 0.15) is 0 Å².